The van der Waals surface area contributed by atoms with Gasteiger partial charge in [0.2, 0.25) is 0 Å². The summed E-state index contributed by atoms with van der Waals surface area (Å²) >= 11 is 0. The van der Waals surface area contributed by atoms with Crippen LogP contribution in [-0.4, -0.2) is 16.4 Å². The van der Waals surface area contributed by atoms with Crippen LogP contribution in [0.5, 0.6) is 0 Å². The largest absolute Gasteiger partial charge is 0.545 e. The molecule has 0 saturated heterocycles. The fourth-order valence-electron chi connectivity index (χ4n) is 0.883. The van der Waals surface area contributed by atoms with E-state index in [9.17, 15) is 9.90 Å². The van der Waals surface area contributed by atoms with E-state index < -0.39 is 5.97 Å². The number of carbonyl (C=O) groups is 1. The molecule has 2 N–H and O–H groups in total. The molecule has 1 rings (SSSR count). The summed E-state index contributed by atoms with van der Waals surface area (Å²) in [5.74, 6) is -1.28. The molecule has 74 valence electrons. The molecule has 0 heterocycles. The number of nitrogens with zero attached hydrogens (tertiary/aromatic N) is 1. The van der Waals surface area contributed by atoms with E-state index in [0.29, 0.717) is 5.56 Å². The summed E-state index contributed by atoms with van der Waals surface area (Å²) < 4.78 is 0. The maximum Gasteiger partial charge on any atom is 0.0943 e. The summed E-state index contributed by atoms with van der Waals surface area (Å²) in [5.41, 5.74) is 0.815. The number of rotatable bonds is 3. The lowest BCUT2D eigenvalue weighted by molar-refractivity contribution is -0.297. The molecule has 5 nitrogen and oxygen atoms in total. The fourth-order valence-corrected chi connectivity index (χ4v) is 0.883. The Kier molecular flexibility index (Phi) is 3.22. The Morgan fingerprint density at radius 3 is 2.29 bits per heavy atom. The molecule has 0 bridgehead atoms. The third-order valence-electron chi connectivity index (χ3n) is 1.54. The molecule has 0 aliphatic carbocycles. The first kappa shape index (κ1) is 10.2. The van der Waals surface area contributed by atoms with Crippen LogP contribution in [0.15, 0.2) is 30.3 Å². The SMILES string of the molecule is O=C([O-])C=Cc1ccc(N(O)O)cc1. The van der Waals surface area contributed by atoms with E-state index in [1.807, 2.05) is 0 Å². The molecule has 0 aliphatic rings. The van der Waals surface area contributed by atoms with Gasteiger partial charge in [-0.1, -0.05) is 18.2 Å². The van der Waals surface area contributed by atoms with E-state index in [2.05, 4.69) is 0 Å². The summed E-state index contributed by atoms with van der Waals surface area (Å²) in [4.78, 5) is 10.1. The standard InChI is InChI=1S/C9H9NO4/c11-9(12)6-3-7-1-4-8(5-2-7)10(13)14/h1-6,13-14H,(H,11,12)/p-1. The van der Waals surface area contributed by atoms with E-state index >= 15 is 0 Å². The van der Waals surface area contributed by atoms with E-state index in [4.69, 9.17) is 10.4 Å². The molecular weight excluding hydrogens is 186 g/mol. The Balaban J connectivity index is 2.78. The minimum Gasteiger partial charge on any atom is -0.545 e. The normalized spacial score (nSPS) is 10.4. The van der Waals surface area contributed by atoms with Crippen molar-refractivity contribution in [2.45, 2.75) is 0 Å². The Bertz CT molecular complexity index is 342. The molecule has 14 heavy (non-hydrogen) atoms. The van der Waals surface area contributed by atoms with E-state index in [1.165, 1.54) is 30.3 Å². The number of aliphatic carboxylic acids is 1. The first-order valence-electron chi connectivity index (χ1n) is 3.76. The highest BCUT2D eigenvalue weighted by molar-refractivity contribution is 5.83. The molecule has 0 saturated carbocycles. The number of benzene rings is 1. The van der Waals surface area contributed by atoms with Crippen molar-refractivity contribution in [3.63, 3.8) is 0 Å². The van der Waals surface area contributed by atoms with Crippen molar-refractivity contribution < 1.29 is 20.3 Å². The molecule has 1 aromatic carbocycles. The van der Waals surface area contributed by atoms with Crippen LogP contribution in [0.4, 0.5) is 5.69 Å². The first-order chi connectivity index (χ1) is 6.59. The predicted octanol–water partition coefficient (Wildman–Crippen LogP) is 0.0345. The van der Waals surface area contributed by atoms with Crippen molar-refractivity contribution in [3.05, 3.63) is 35.9 Å². The smallest absolute Gasteiger partial charge is 0.0943 e. The number of hydrogen-bond acceptors (Lipinski definition) is 5. The van der Waals surface area contributed by atoms with Gasteiger partial charge < -0.3 is 9.90 Å². The van der Waals surface area contributed by atoms with Gasteiger partial charge >= 0.3 is 0 Å². The second kappa shape index (κ2) is 4.40. The quantitative estimate of drug-likeness (QED) is 0.524. The van der Waals surface area contributed by atoms with Gasteiger partial charge in [-0.05, 0) is 23.8 Å². The Morgan fingerprint density at radius 2 is 1.86 bits per heavy atom. The zero-order chi connectivity index (χ0) is 10.6. The van der Waals surface area contributed by atoms with Crippen LogP contribution in [-0.2, 0) is 4.79 Å². The third-order valence-corrected chi connectivity index (χ3v) is 1.54. The van der Waals surface area contributed by atoms with Gasteiger partial charge in [-0.15, -0.1) is 5.23 Å². The maximum absolute atomic E-state index is 10.1. The topological polar surface area (TPSA) is 83.8 Å². The van der Waals surface area contributed by atoms with Crippen molar-refractivity contribution in [1.29, 1.82) is 0 Å². The average molecular weight is 194 g/mol. The second-order valence-electron chi connectivity index (χ2n) is 2.53. The molecule has 0 aliphatic heterocycles. The molecular formula is C9H8NO4-. The highest BCUT2D eigenvalue weighted by Gasteiger charge is 1.96. The molecule has 0 amide bonds. The summed E-state index contributed by atoms with van der Waals surface area (Å²) in [6.07, 6.45) is 2.24. The van der Waals surface area contributed by atoms with Crippen molar-refractivity contribution in [2.75, 3.05) is 5.23 Å². The summed E-state index contributed by atoms with van der Waals surface area (Å²) in [7, 11) is 0. The predicted molar refractivity (Wildman–Crippen MR) is 46.5 cm³/mol. The number of carboxylic acid groups (broad SMARTS) is 1. The fraction of sp³-hybridized carbons (Fsp3) is 0. The number of carbonyl (C=O) groups excluding carboxylic acids is 1. The number of carboxylic acids is 1. The molecule has 1 aromatic rings. The van der Waals surface area contributed by atoms with Gasteiger partial charge in [-0.25, -0.2) is 0 Å². The highest BCUT2D eigenvalue weighted by Crippen LogP contribution is 2.12. The van der Waals surface area contributed by atoms with E-state index in [0.717, 1.165) is 6.08 Å². The summed E-state index contributed by atoms with van der Waals surface area (Å²) in [5, 5.41) is 27.2. The van der Waals surface area contributed by atoms with Crippen LogP contribution in [0, 0.1) is 0 Å². The van der Waals surface area contributed by atoms with Crippen LogP contribution in [0.3, 0.4) is 0 Å². The van der Waals surface area contributed by atoms with Gasteiger partial charge in [0.05, 0.1) is 11.7 Å². The van der Waals surface area contributed by atoms with Gasteiger partial charge in [0.25, 0.3) is 0 Å². The lowest BCUT2D eigenvalue weighted by Gasteiger charge is -2.06. The lowest BCUT2D eigenvalue weighted by Crippen LogP contribution is -2.18. The van der Waals surface area contributed by atoms with Crippen molar-refractivity contribution in [1.82, 2.24) is 0 Å². The van der Waals surface area contributed by atoms with Gasteiger partial charge in [0.1, 0.15) is 0 Å². The maximum atomic E-state index is 10.1. The third kappa shape index (κ3) is 2.89. The summed E-state index contributed by atoms with van der Waals surface area (Å²) in [6, 6.07) is 5.92. The highest BCUT2D eigenvalue weighted by atomic mass is 16.8. The van der Waals surface area contributed by atoms with Crippen LogP contribution in [0.1, 0.15) is 5.56 Å². The second-order valence-corrected chi connectivity index (χ2v) is 2.53. The summed E-state index contributed by atoms with van der Waals surface area (Å²) in [6.45, 7) is 0. The zero-order valence-electron chi connectivity index (χ0n) is 7.12. The number of hydrogen-bond donors (Lipinski definition) is 2. The van der Waals surface area contributed by atoms with Crippen LogP contribution < -0.4 is 10.3 Å². The zero-order valence-corrected chi connectivity index (χ0v) is 7.12. The Morgan fingerprint density at radius 1 is 1.29 bits per heavy atom. The van der Waals surface area contributed by atoms with Gasteiger partial charge in [-0.3, -0.25) is 10.4 Å². The minimum absolute atomic E-state index is 0.0216. The minimum atomic E-state index is -1.28. The molecule has 0 spiro atoms. The molecule has 0 atom stereocenters. The molecule has 0 unspecified atom stereocenters. The van der Waals surface area contributed by atoms with Crippen LogP contribution in [0.25, 0.3) is 6.08 Å². The van der Waals surface area contributed by atoms with E-state index in [1.54, 1.807) is 0 Å². The lowest BCUT2D eigenvalue weighted by atomic mass is 10.2. The van der Waals surface area contributed by atoms with E-state index in [-0.39, 0.29) is 10.9 Å². The van der Waals surface area contributed by atoms with Crippen LogP contribution >= 0.6 is 0 Å². The molecule has 0 aromatic heterocycles. The van der Waals surface area contributed by atoms with Gasteiger partial charge in [0.15, 0.2) is 0 Å². The Labute approximate surface area is 80.0 Å². The molecule has 0 radical (unpaired) electrons. The molecule has 0 fully saturated rings. The monoisotopic (exact) mass is 194 g/mol. The Hall–Kier alpha value is -1.85. The van der Waals surface area contributed by atoms with Crippen molar-refractivity contribution >= 4 is 17.7 Å². The van der Waals surface area contributed by atoms with Crippen LogP contribution in [0.2, 0.25) is 0 Å². The van der Waals surface area contributed by atoms with Gasteiger partial charge in [-0.2, -0.15) is 0 Å². The first-order valence-corrected chi connectivity index (χ1v) is 3.76. The molecule has 5 heteroatoms. The van der Waals surface area contributed by atoms with Crippen molar-refractivity contribution in [3.8, 4) is 0 Å². The average Bonchev–Trinajstić information content (AvgIpc) is 2.15. The number of anilines is 1. The van der Waals surface area contributed by atoms with Crippen molar-refractivity contribution in [2.24, 2.45) is 0 Å². The van der Waals surface area contributed by atoms with Gasteiger partial charge in [0, 0.05) is 0 Å².